The molecule has 0 spiro atoms. The molecule has 1 saturated carbocycles. The molecule has 2 aromatic rings. The van der Waals surface area contributed by atoms with Gasteiger partial charge in [-0.15, -0.1) is 0 Å². The molecular weight excluding hydrogens is 444 g/mol. The van der Waals surface area contributed by atoms with E-state index in [-0.39, 0.29) is 10.6 Å². The van der Waals surface area contributed by atoms with Crippen molar-refractivity contribution < 1.29 is 23.9 Å². The summed E-state index contributed by atoms with van der Waals surface area (Å²) in [6.07, 6.45) is 2.02. The van der Waals surface area contributed by atoms with E-state index in [1.807, 2.05) is 0 Å². The number of ether oxygens (including phenoxy) is 1. The van der Waals surface area contributed by atoms with Crippen LogP contribution in [-0.2, 0) is 9.59 Å². The molecule has 1 saturated heterocycles. The minimum Gasteiger partial charge on any atom is -0.497 e. The van der Waals surface area contributed by atoms with Gasteiger partial charge < -0.3 is 4.74 Å². The third-order valence-corrected chi connectivity index (χ3v) is 6.76. The number of rotatable bonds is 6. The Morgan fingerprint density at radius 3 is 2.52 bits per heavy atom. The number of Topliss-reactive ketones (excluding diaryl/α,β-unsaturated/α-hetero) is 1. The van der Waals surface area contributed by atoms with Gasteiger partial charge in [0.15, 0.2) is 5.78 Å². The van der Waals surface area contributed by atoms with Crippen molar-refractivity contribution in [3.05, 3.63) is 64.7 Å². The summed E-state index contributed by atoms with van der Waals surface area (Å²) in [5.74, 6) is -2.13. The molecule has 33 heavy (non-hydrogen) atoms. The van der Waals surface area contributed by atoms with E-state index in [2.05, 4.69) is 6.92 Å². The second-order valence-corrected chi connectivity index (χ2v) is 9.02. The fraction of sp³-hybridized carbons (Fsp3) is 0.360. The molecule has 0 aromatic heterocycles. The summed E-state index contributed by atoms with van der Waals surface area (Å²) in [6, 6.07) is 12.9. The predicted octanol–water partition coefficient (Wildman–Crippen LogP) is 4.01. The molecule has 2 aromatic carbocycles. The summed E-state index contributed by atoms with van der Waals surface area (Å²) in [7, 11) is 1.49. The highest BCUT2D eigenvalue weighted by molar-refractivity contribution is 6.34. The Hall–Kier alpha value is -3.19. The number of hydrogen-bond acceptors (Lipinski definition) is 5. The second-order valence-electron chi connectivity index (χ2n) is 8.62. The van der Waals surface area contributed by atoms with E-state index in [9.17, 15) is 19.2 Å². The number of carbonyl (C=O) groups is 4. The molecule has 3 amide bonds. The van der Waals surface area contributed by atoms with Crippen molar-refractivity contribution in [1.82, 2.24) is 10.0 Å². The smallest absolute Gasteiger partial charge is 0.274 e. The minimum absolute atomic E-state index is 0.112. The van der Waals surface area contributed by atoms with Gasteiger partial charge in [-0.05, 0) is 49.4 Å². The van der Waals surface area contributed by atoms with Crippen molar-refractivity contribution in [1.29, 1.82) is 0 Å². The number of imide groups is 1. The maximum Gasteiger partial charge on any atom is 0.274 e. The van der Waals surface area contributed by atoms with E-state index in [0.717, 1.165) is 16.4 Å². The molecule has 0 N–H and O–H groups in total. The molecule has 2 fully saturated rings. The summed E-state index contributed by atoms with van der Waals surface area (Å²) < 4.78 is 5.18. The van der Waals surface area contributed by atoms with Crippen molar-refractivity contribution in [2.45, 2.75) is 26.2 Å². The number of carbonyl (C=O) groups excluding carboxylic acids is 4. The summed E-state index contributed by atoms with van der Waals surface area (Å²) in [4.78, 5) is 53.3. The summed E-state index contributed by atoms with van der Waals surface area (Å²) in [5, 5.41) is 2.01. The number of nitrogens with zero attached hydrogens (tertiary/aromatic N) is 2. The lowest BCUT2D eigenvalue weighted by atomic mass is 9.76. The van der Waals surface area contributed by atoms with Crippen LogP contribution in [0.25, 0.3) is 0 Å². The lowest BCUT2D eigenvalue weighted by Gasteiger charge is -2.30. The minimum atomic E-state index is -0.676. The van der Waals surface area contributed by atoms with Crippen LogP contribution in [0.4, 0.5) is 0 Å². The first kappa shape index (κ1) is 23.0. The fourth-order valence-corrected chi connectivity index (χ4v) is 4.86. The van der Waals surface area contributed by atoms with E-state index < -0.39 is 41.9 Å². The van der Waals surface area contributed by atoms with E-state index in [4.69, 9.17) is 16.3 Å². The summed E-state index contributed by atoms with van der Waals surface area (Å²) in [5.41, 5.74) is 0.415. The Morgan fingerprint density at radius 1 is 1.06 bits per heavy atom. The molecule has 1 heterocycles. The van der Waals surface area contributed by atoms with Gasteiger partial charge in [-0.2, -0.15) is 5.01 Å². The van der Waals surface area contributed by atoms with Gasteiger partial charge in [0.25, 0.3) is 17.7 Å². The average Bonchev–Trinajstić information content (AvgIpc) is 3.06. The van der Waals surface area contributed by atoms with E-state index in [1.165, 1.54) is 13.2 Å². The number of ketones is 1. The number of benzene rings is 2. The van der Waals surface area contributed by atoms with Gasteiger partial charge in [-0.25, -0.2) is 5.01 Å². The zero-order valence-corrected chi connectivity index (χ0v) is 19.2. The van der Waals surface area contributed by atoms with Crippen LogP contribution in [0, 0.1) is 17.8 Å². The average molecular weight is 469 g/mol. The van der Waals surface area contributed by atoms with Crippen molar-refractivity contribution >= 4 is 35.1 Å². The maximum absolute atomic E-state index is 13.5. The van der Waals surface area contributed by atoms with Crippen LogP contribution in [-0.4, -0.2) is 47.2 Å². The summed E-state index contributed by atoms with van der Waals surface area (Å²) in [6.45, 7) is 1.57. The van der Waals surface area contributed by atoms with Crippen molar-refractivity contribution in [3.8, 4) is 5.75 Å². The van der Waals surface area contributed by atoms with Crippen molar-refractivity contribution in [2.75, 3.05) is 13.7 Å². The Morgan fingerprint density at radius 2 is 1.79 bits per heavy atom. The molecule has 1 aliphatic carbocycles. The molecule has 1 aliphatic heterocycles. The van der Waals surface area contributed by atoms with Gasteiger partial charge in [0.05, 0.1) is 29.5 Å². The van der Waals surface area contributed by atoms with E-state index in [0.29, 0.717) is 30.1 Å². The number of amides is 3. The molecule has 2 aliphatic rings. The molecule has 0 unspecified atom stereocenters. The number of fused-ring (bicyclic) bond motifs is 1. The zero-order valence-electron chi connectivity index (χ0n) is 18.5. The Bertz CT molecular complexity index is 1120. The Labute approximate surface area is 197 Å². The fourth-order valence-electron chi connectivity index (χ4n) is 4.64. The highest BCUT2D eigenvalue weighted by Gasteiger charge is 2.52. The normalized spacial score (nSPS) is 22.2. The van der Waals surface area contributed by atoms with Crippen molar-refractivity contribution in [2.24, 2.45) is 17.8 Å². The van der Waals surface area contributed by atoms with Crippen LogP contribution in [0.15, 0.2) is 48.5 Å². The Kier molecular flexibility index (Phi) is 6.51. The second kappa shape index (κ2) is 9.35. The lowest BCUT2D eigenvalue weighted by molar-refractivity contribution is -0.154. The van der Waals surface area contributed by atoms with Gasteiger partial charge in [0, 0.05) is 5.56 Å². The third-order valence-electron chi connectivity index (χ3n) is 6.43. The van der Waals surface area contributed by atoms with Gasteiger partial charge >= 0.3 is 0 Å². The largest absolute Gasteiger partial charge is 0.497 e. The van der Waals surface area contributed by atoms with Crippen LogP contribution in [0.5, 0.6) is 5.75 Å². The summed E-state index contributed by atoms with van der Waals surface area (Å²) >= 11 is 6.24. The molecule has 7 nitrogen and oxygen atoms in total. The number of methoxy groups -OCH3 is 1. The zero-order chi connectivity index (χ0) is 23.7. The lowest BCUT2D eigenvalue weighted by Crippen LogP contribution is -2.52. The van der Waals surface area contributed by atoms with Crippen LogP contribution < -0.4 is 4.74 Å². The number of halogens is 1. The molecule has 3 atom stereocenters. The van der Waals surface area contributed by atoms with Crippen LogP contribution in [0.2, 0.25) is 5.02 Å². The molecule has 0 bridgehead atoms. The quantitative estimate of drug-likeness (QED) is 0.472. The number of hydrogen-bond donors (Lipinski definition) is 0. The molecular formula is C25H25ClN2O5. The standard InChI is InChI=1S/C25H25ClN2O5/c1-15-10-11-18-20(12-15)25(32)28(24(18)31)27(23(30)19-8-3-4-9-21(19)26)14-22(29)16-6-5-7-17(13-16)33-2/h3-9,13,15,18,20H,10-12,14H2,1-2H3/t15-,18-,20+/m1/s1. The topological polar surface area (TPSA) is 84.0 Å². The van der Waals surface area contributed by atoms with Crippen LogP contribution in [0.3, 0.4) is 0 Å². The highest BCUT2D eigenvalue weighted by Crippen LogP contribution is 2.41. The molecule has 0 radical (unpaired) electrons. The van der Waals surface area contributed by atoms with Crippen molar-refractivity contribution in [3.63, 3.8) is 0 Å². The van der Waals surface area contributed by atoms with Gasteiger partial charge in [0.1, 0.15) is 12.3 Å². The molecule has 4 rings (SSSR count). The number of hydrazine groups is 1. The van der Waals surface area contributed by atoms with Crippen LogP contribution >= 0.6 is 11.6 Å². The predicted molar refractivity (Wildman–Crippen MR) is 122 cm³/mol. The first-order valence-electron chi connectivity index (χ1n) is 10.9. The highest BCUT2D eigenvalue weighted by atomic mass is 35.5. The van der Waals surface area contributed by atoms with Gasteiger partial charge in [-0.1, -0.05) is 42.8 Å². The third kappa shape index (κ3) is 4.37. The maximum atomic E-state index is 13.5. The van der Waals surface area contributed by atoms with Crippen LogP contribution in [0.1, 0.15) is 46.9 Å². The Balaban J connectivity index is 1.71. The first-order valence-corrected chi connectivity index (χ1v) is 11.3. The van der Waals surface area contributed by atoms with Gasteiger partial charge in [-0.3, -0.25) is 19.2 Å². The monoisotopic (exact) mass is 468 g/mol. The SMILES string of the molecule is COc1cccc(C(=O)CN(C(=O)c2ccccc2Cl)N2C(=O)[C@H]3C[C@H](C)CC[C@H]3C2=O)c1. The first-order chi connectivity index (χ1) is 15.8. The van der Waals surface area contributed by atoms with E-state index >= 15 is 0 Å². The molecule has 8 heteroatoms. The molecule has 172 valence electrons. The van der Waals surface area contributed by atoms with Gasteiger partial charge in [0.2, 0.25) is 0 Å². The van der Waals surface area contributed by atoms with E-state index in [1.54, 1.807) is 42.5 Å².